The van der Waals surface area contributed by atoms with Crippen molar-refractivity contribution in [1.29, 1.82) is 0 Å². The number of ketones is 2. The van der Waals surface area contributed by atoms with Crippen LogP contribution in [0, 0.1) is 0 Å². The zero-order valence-corrected chi connectivity index (χ0v) is 8.94. The average molecular weight is 207 g/mol. The highest BCUT2D eigenvalue weighted by Gasteiger charge is 2.25. The molecule has 0 unspecified atom stereocenters. The summed E-state index contributed by atoms with van der Waals surface area (Å²) in [5.74, 6) is -1.48. The Balaban J connectivity index is 3.12. The summed E-state index contributed by atoms with van der Waals surface area (Å²) in [6.07, 6.45) is 2.39. The van der Waals surface area contributed by atoms with E-state index < -0.39 is 11.6 Å². The Kier molecular flexibility index (Phi) is 3.19. The monoisotopic (exact) mass is 207 g/mol. The summed E-state index contributed by atoms with van der Waals surface area (Å²) in [5, 5.41) is 9.59. The van der Waals surface area contributed by atoms with Crippen LogP contribution in [0.5, 0.6) is 0 Å². The molecule has 1 aliphatic rings. The predicted molar refractivity (Wildman–Crippen MR) is 57.1 cm³/mol. The second kappa shape index (κ2) is 4.21. The van der Waals surface area contributed by atoms with Crippen molar-refractivity contribution in [3.8, 4) is 0 Å². The molecule has 4 nitrogen and oxygen atoms in total. The van der Waals surface area contributed by atoms with Crippen LogP contribution in [-0.2, 0) is 9.59 Å². The molecule has 1 aliphatic carbocycles. The summed E-state index contributed by atoms with van der Waals surface area (Å²) in [7, 11) is 0. The lowest BCUT2D eigenvalue weighted by atomic mass is 9.97. The fourth-order valence-electron chi connectivity index (χ4n) is 1.13. The fraction of sp³-hybridized carbons (Fsp3) is 0.364. The molecule has 0 saturated carbocycles. The SMILES string of the molecule is CC1=CC(=O)C(=O)C(C=NC(C)C)=C1O. The minimum atomic E-state index is -0.706. The highest BCUT2D eigenvalue weighted by Crippen LogP contribution is 2.17. The van der Waals surface area contributed by atoms with Gasteiger partial charge in [-0.1, -0.05) is 0 Å². The second-order valence-corrected chi connectivity index (χ2v) is 3.65. The average Bonchev–Trinajstić information content (AvgIpc) is 2.14. The molecule has 0 heterocycles. The maximum Gasteiger partial charge on any atom is 0.238 e. The molecular formula is C11H13NO3. The van der Waals surface area contributed by atoms with Crippen LogP contribution in [0.4, 0.5) is 0 Å². The Bertz CT molecular complexity index is 400. The van der Waals surface area contributed by atoms with Crippen molar-refractivity contribution in [3.63, 3.8) is 0 Å². The van der Waals surface area contributed by atoms with Crippen LogP contribution >= 0.6 is 0 Å². The number of Topliss-reactive ketones (excluding diaryl/α,β-unsaturated/α-hetero) is 1. The van der Waals surface area contributed by atoms with Crippen LogP contribution in [0.2, 0.25) is 0 Å². The van der Waals surface area contributed by atoms with Crippen molar-refractivity contribution >= 4 is 17.8 Å². The number of nitrogens with zero attached hydrogens (tertiary/aromatic N) is 1. The molecule has 0 aromatic heterocycles. The highest BCUT2D eigenvalue weighted by atomic mass is 16.3. The first-order chi connectivity index (χ1) is 6.93. The summed E-state index contributed by atoms with van der Waals surface area (Å²) in [6.45, 7) is 5.25. The van der Waals surface area contributed by atoms with Gasteiger partial charge in [-0.25, -0.2) is 0 Å². The Morgan fingerprint density at radius 1 is 1.40 bits per heavy atom. The zero-order chi connectivity index (χ0) is 11.6. The van der Waals surface area contributed by atoms with Gasteiger partial charge in [0.25, 0.3) is 0 Å². The van der Waals surface area contributed by atoms with E-state index in [0.29, 0.717) is 5.57 Å². The Labute approximate surface area is 88.0 Å². The first kappa shape index (κ1) is 11.4. The van der Waals surface area contributed by atoms with Gasteiger partial charge < -0.3 is 5.11 Å². The maximum absolute atomic E-state index is 11.4. The lowest BCUT2D eigenvalue weighted by Crippen LogP contribution is -2.21. The van der Waals surface area contributed by atoms with Gasteiger partial charge in [-0.05, 0) is 32.4 Å². The van der Waals surface area contributed by atoms with E-state index in [0.717, 1.165) is 6.08 Å². The van der Waals surface area contributed by atoms with Crippen LogP contribution in [0.3, 0.4) is 0 Å². The number of aliphatic imine (C=N–C) groups is 1. The maximum atomic E-state index is 11.4. The third-order valence-corrected chi connectivity index (χ3v) is 1.95. The highest BCUT2D eigenvalue weighted by molar-refractivity contribution is 6.52. The van der Waals surface area contributed by atoms with Crippen LogP contribution in [0.15, 0.2) is 28.0 Å². The number of carbonyl (C=O) groups is 2. The third-order valence-electron chi connectivity index (χ3n) is 1.95. The van der Waals surface area contributed by atoms with E-state index >= 15 is 0 Å². The van der Waals surface area contributed by atoms with Gasteiger partial charge in [0.2, 0.25) is 11.6 Å². The molecule has 0 aliphatic heterocycles. The van der Waals surface area contributed by atoms with Crippen LogP contribution in [0.1, 0.15) is 20.8 Å². The van der Waals surface area contributed by atoms with Crippen molar-refractivity contribution in [2.24, 2.45) is 4.99 Å². The van der Waals surface area contributed by atoms with E-state index in [2.05, 4.69) is 4.99 Å². The minimum absolute atomic E-state index is 0.0133. The summed E-state index contributed by atoms with van der Waals surface area (Å²) >= 11 is 0. The van der Waals surface area contributed by atoms with E-state index in [-0.39, 0.29) is 17.4 Å². The molecule has 0 bridgehead atoms. The van der Waals surface area contributed by atoms with Crippen molar-refractivity contribution in [2.45, 2.75) is 26.8 Å². The smallest absolute Gasteiger partial charge is 0.238 e. The van der Waals surface area contributed by atoms with Gasteiger partial charge in [0.15, 0.2) is 0 Å². The molecule has 1 rings (SSSR count). The lowest BCUT2D eigenvalue weighted by molar-refractivity contribution is -0.131. The molecular weight excluding hydrogens is 194 g/mol. The minimum Gasteiger partial charge on any atom is -0.507 e. The molecule has 0 amide bonds. The van der Waals surface area contributed by atoms with Crippen LogP contribution in [-0.4, -0.2) is 28.9 Å². The topological polar surface area (TPSA) is 66.7 Å². The number of aliphatic hydroxyl groups excluding tert-OH is 1. The number of rotatable bonds is 2. The molecule has 0 aromatic rings. The number of allylic oxidation sites excluding steroid dienone is 3. The summed E-state index contributed by atoms with van der Waals surface area (Å²) in [4.78, 5) is 26.5. The van der Waals surface area contributed by atoms with E-state index in [4.69, 9.17) is 0 Å². The molecule has 0 saturated heterocycles. The second-order valence-electron chi connectivity index (χ2n) is 3.65. The molecule has 1 N–H and O–H groups in total. The molecule has 4 heteroatoms. The predicted octanol–water partition coefficient (Wildman–Crippen LogP) is 1.38. The van der Waals surface area contributed by atoms with Crippen molar-refractivity contribution in [3.05, 3.63) is 23.0 Å². The number of aliphatic hydroxyl groups is 1. The Morgan fingerprint density at radius 3 is 2.53 bits per heavy atom. The van der Waals surface area contributed by atoms with Crippen molar-refractivity contribution in [2.75, 3.05) is 0 Å². The van der Waals surface area contributed by atoms with Gasteiger partial charge in [0, 0.05) is 12.3 Å². The van der Waals surface area contributed by atoms with Crippen LogP contribution in [0.25, 0.3) is 0 Å². The van der Waals surface area contributed by atoms with Crippen LogP contribution < -0.4 is 0 Å². The first-order valence-corrected chi connectivity index (χ1v) is 4.67. The molecule has 0 radical (unpaired) electrons. The van der Waals surface area contributed by atoms with E-state index in [9.17, 15) is 14.7 Å². The van der Waals surface area contributed by atoms with E-state index in [1.165, 1.54) is 6.21 Å². The van der Waals surface area contributed by atoms with Gasteiger partial charge in [-0.2, -0.15) is 0 Å². The standard InChI is InChI=1S/C11H13NO3/c1-6(2)12-5-8-10(14)7(3)4-9(13)11(8)15/h4-6,14H,1-3H3. The molecule has 0 spiro atoms. The molecule has 0 atom stereocenters. The summed E-state index contributed by atoms with van der Waals surface area (Å²) < 4.78 is 0. The lowest BCUT2D eigenvalue weighted by Gasteiger charge is -2.10. The van der Waals surface area contributed by atoms with E-state index in [1.807, 2.05) is 13.8 Å². The van der Waals surface area contributed by atoms with Gasteiger partial charge in [-0.3, -0.25) is 14.6 Å². The number of hydrogen-bond acceptors (Lipinski definition) is 4. The third kappa shape index (κ3) is 2.40. The Morgan fingerprint density at radius 2 is 2.00 bits per heavy atom. The normalized spacial score (nSPS) is 18.0. The quantitative estimate of drug-likeness (QED) is 0.422. The van der Waals surface area contributed by atoms with Gasteiger partial charge >= 0.3 is 0 Å². The fourth-order valence-corrected chi connectivity index (χ4v) is 1.13. The molecule has 80 valence electrons. The largest absolute Gasteiger partial charge is 0.507 e. The molecule has 0 aromatic carbocycles. The molecule has 15 heavy (non-hydrogen) atoms. The number of hydrogen-bond donors (Lipinski definition) is 1. The van der Waals surface area contributed by atoms with Gasteiger partial charge in [0.05, 0.1) is 5.57 Å². The van der Waals surface area contributed by atoms with Crippen molar-refractivity contribution < 1.29 is 14.7 Å². The zero-order valence-electron chi connectivity index (χ0n) is 8.94. The summed E-state index contributed by atoms with van der Waals surface area (Å²) in [6, 6.07) is 0.0133. The number of carbonyl (C=O) groups excluding carboxylic acids is 2. The van der Waals surface area contributed by atoms with E-state index in [1.54, 1.807) is 6.92 Å². The van der Waals surface area contributed by atoms with Gasteiger partial charge in [-0.15, -0.1) is 0 Å². The van der Waals surface area contributed by atoms with Gasteiger partial charge in [0.1, 0.15) is 5.76 Å². The Hall–Kier alpha value is -1.71. The van der Waals surface area contributed by atoms with Crippen molar-refractivity contribution in [1.82, 2.24) is 0 Å². The molecule has 0 fully saturated rings. The first-order valence-electron chi connectivity index (χ1n) is 4.67. The summed E-state index contributed by atoms with van der Waals surface area (Å²) in [5.41, 5.74) is 0.374.